The highest BCUT2D eigenvalue weighted by molar-refractivity contribution is 6.02. The molecule has 2 unspecified atom stereocenters. The van der Waals surface area contributed by atoms with Crippen LogP contribution in [0.15, 0.2) is 37.2 Å². The van der Waals surface area contributed by atoms with Gasteiger partial charge in [-0.15, -0.1) is 0 Å². The molecule has 34 heavy (non-hydrogen) atoms. The van der Waals surface area contributed by atoms with Crippen LogP contribution in [0.5, 0.6) is 11.5 Å². The fourth-order valence-corrected chi connectivity index (χ4v) is 3.87. The van der Waals surface area contributed by atoms with Crippen molar-refractivity contribution in [3.05, 3.63) is 60.2 Å². The zero-order chi connectivity index (χ0) is 24.4. The van der Waals surface area contributed by atoms with E-state index in [1.807, 2.05) is 0 Å². The number of rotatable bonds is 7. The summed E-state index contributed by atoms with van der Waals surface area (Å²) in [7, 11) is 2.40. The van der Waals surface area contributed by atoms with Gasteiger partial charge in [0.05, 0.1) is 50.7 Å². The summed E-state index contributed by atoms with van der Waals surface area (Å²) in [4.78, 5) is 33.5. The van der Waals surface area contributed by atoms with Crippen molar-refractivity contribution in [3.8, 4) is 11.5 Å². The van der Waals surface area contributed by atoms with Gasteiger partial charge >= 0.3 is 0 Å². The molecule has 3 heterocycles. The summed E-state index contributed by atoms with van der Waals surface area (Å²) in [5.41, 5.74) is -0.130. The van der Waals surface area contributed by atoms with Crippen LogP contribution in [0, 0.1) is 17.6 Å². The predicted octanol–water partition coefficient (Wildman–Crippen LogP) is 2.27. The summed E-state index contributed by atoms with van der Waals surface area (Å²) in [6, 6.07) is 2.38. The number of hydrogen-bond donors (Lipinski definition) is 1. The second-order valence-electron chi connectivity index (χ2n) is 7.65. The predicted molar refractivity (Wildman–Crippen MR) is 117 cm³/mol. The fraction of sp³-hybridized carbons (Fsp3) is 0.304. The molecule has 0 aliphatic carbocycles. The van der Waals surface area contributed by atoms with Crippen LogP contribution < -0.4 is 14.8 Å². The Labute approximate surface area is 193 Å². The van der Waals surface area contributed by atoms with E-state index in [9.17, 15) is 18.4 Å². The van der Waals surface area contributed by atoms with Gasteiger partial charge in [0.15, 0.2) is 23.1 Å². The largest absolute Gasteiger partial charge is 0.494 e. The molecule has 1 aliphatic heterocycles. The fourth-order valence-electron chi connectivity index (χ4n) is 3.87. The lowest BCUT2D eigenvalue weighted by Crippen LogP contribution is -2.39. The number of amides is 1. The molecular weight excluding hydrogens is 450 g/mol. The molecule has 0 spiro atoms. The standard InChI is InChI=1S/C23H22F2N4O5/c1-4-19(30)28-14-11-34-10-12(14)7-18-26-9-15-13(27-18)5-6-29(15)23(31)20-21(24)16(32-2)8-17(33-3)22(20)25/h4-6,8-9,12,14H,1,7,10-11H2,2-3H3,(H,28,30). The topological polar surface area (TPSA) is 105 Å². The minimum atomic E-state index is -1.14. The van der Waals surface area contributed by atoms with E-state index in [0.29, 0.717) is 31.0 Å². The summed E-state index contributed by atoms with van der Waals surface area (Å²) in [5.74, 6) is -3.75. The number of ether oxygens (including phenoxy) is 3. The highest BCUT2D eigenvalue weighted by Gasteiger charge is 2.31. The second kappa shape index (κ2) is 9.56. The number of carbonyl (C=O) groups is 2. The number of aromatic nitrogens is 3. The third-order valence-corrected chi connectivity index (χ3v) is 5.65. The maximum Gasteiger partial charge on any atom is 0.268 e. The summed E-state index contributed by atoms with van der Waals surface area (Å²) in [5, 5.41) is 2.82. The minimum Gasteiger partial charge on any atom is -0.494 e. The first-order valence-electron chi connectivity index (χ1n) is 10.4. The Hall–Kier alpha value is -3.86. The van der Waals surface area contributed by atoms with Crippen molar-refractivity contribution < 1.29 is 32.6 Å². The summed E-state index contributed by atoms with van der Waals surface area (Å²) < 4.78 is 46.0. The molecule has 1 amide bonds. The molecule has 1 N–H and O–H groups in total. The molecule has 1 saturated heterocycles. The van der Waals surface area contributed by atoms with E-state index in [1.165, 1.54) is 32.7 Å². The third-order valence-electron chi connectivity index (χ3n) is 5.65. The normalized spacial score (nSPS) is 17.5. The highest BCUT2D eigenvalue weighted by Crippen LogP contribution is 2.32. The summed E-state index contributed by atoms with van der Waals surface area (Å²) >= 11 is 0. The molecule has 9 nitrogen and oxygen atoms in total. The molecule has 2 atom stereocenters. The minimum absolute atomic E-state index is 0.0440. The number of hydrogen-bond acceptors (Lipinski definition) is 7. The number of methoxy groups -OCH3 is 2. The Kier molecular flexibility index (Phi) is 6.55. The number of nitrogens with zero attached hydrogens (tertiary/aromatic N) is 3. The van der Waals surface area contributed by atoms with Crippen LogP contribution in [0.1, 0.15) is 16.2 Å². The molecule has 1 fully saturated rings. The number of fused-ring (bicyclic) bond motifs is 1. The lowest BCUT2D eigenvalue weighted by Gasteiger charge is -2.17. The van der Waals surface area contributed by atoms with Gasteiger partial charge in [0.2, 0.25) is 5.91 Å². The molecule has 3 aromatic rings. The van der Waals surface area contributed by atoms with Crippen molar-refractivity contribution in [2.24, 2.45) is 5.92 Å². The first kappa shape index (κ1) is 23.3. The SMILES string of the molecule is C=CC(=O)NC1COCC1Cc1ncc2c(ccn2C(=O)c2c(F)c(OC)cc(OC)c2F)n1. The van der Waals surface area contributed by atoms with Crippen LogP contribution in [0.3, 0.4) is 0 Å². The molecule has 0 bridgehead atoms. The molecule has 0 saturated carbocycles. The molecule has 2 aromatic heterocycles. The number of nitrogens with one attached hydrogen (secondary N) is 1. The van der Waals surface area contributed by atoms with E-state index in [0.717, 1.165) is 10.6 Å². The number of halogens is 2. The van der Waals surface area contributed by atoms with Gasteiger partial charge in [-0.05, 0) is 12.1 Å². The first-order valence-corrected chi connectivity index (χ1v) is 10.4. The Balaban J connectivity index is 1.63. The van der Waals surface area contributed by atoms with Crippen LogP contribution in [0.2, 0.25) is 0 Å². The van der Waals surface area contributed by atoms with Gasteiger partial charge in [0.25, 0.3) is 5.91 Å². The highest BCUT2D eigenvalue weighted by atomic mass is 19.1. The molecule has 1 aliphatic rings. The van der Waals surface area contributed by atoms with Gasteiger partial charge in [0.1, 0.15) is 11.4 Å². The van der Waals surface area contributed by atoms with Crippen LogP contribution in [-0.4, -0.2) is 59.8 Å². The van der Waals surface area contributed by atoms with Crippen LogP contribution in [0.25, 0.3) is 11.0 Å². The Morgan fingerprint density at radius 3 is 2.62 bits per heavy atom. The zero-order valence-electron chi connectivity index (χ0n) is 18.5. The Bertz CT molecular complexity index is 1250. The number of carbonyl (C=O) groups excluding carboxylic acids is 2. The van der Waals surface area contributed by atoms with Gasteiger partial charge in [-0.3, -0.25) is 14.2 Å². The van der Waals surface area contributed by atoms with E-state index in [-0.39, 0.29) is 34.9 Å². The summed E-state index contributed by atoms with van der Waals surface area (Å²) in [6.45, 7) is 4.25. The maximum absolute atomic E-state index is 14.8. The average Bonchev–Trinajstić information content (AvgIpc) is 3.45. The van der Waals surface area contributed by atoms with Gasteiger partial charge in [-0.25, -0.2) is 18.7 Å². The molecule has 11 heteroatoms. The lowest BCUT2D eigenvalue weighted by atomic mass is 9.99. The number of benzene rings is 1. The van der Waals surface area contributed by atoms with E-state index in [2.05, 4.69) is 21.9 Å². The Morgan fingerprint density at radius 2 is 1.97 bits per heavy atom. The third kappa shape index (κ3) is 4.21. The molecular formula is C23H22F2N4O5. The molecule has 178 valence electrons. The van der Waals surface area contributed by atoms with E-state index >= 15 is 0 Å². The van der Waals surface area contributed by atoms with Crippen molar-refractivity contribution in [3.63, 3.8) is 0 Å². The second-order valence-corrected chi connectivity index (χ2v) is 7.65. The Morgan fingerprint density at radius 1 is 1.26 bits per heavy atom. The molecule has 4 rings (SSSR count). The van der Waals surface area contributed by atoms with Crippen molar-refractivity contribution in [2.75, 3.05) is 27.4 Å². The van der Waals surface area contributed by atoms with Gasteiger partial charge in [0, 0.05) is 24.6 Å². The maximum atomic E-state index is 14.8. The van der Waals surface area contributed by atoms with Crippen LogP contribution in [-0.2, 0) is 16.0 Å². The van der Waals surface area contributed by atoms with E-state index in [1.54, 1.807) is 6.07 Å². The first-order chi connectivity index (χ1) is 16.4. The van der Waals surface area contributed by atoms with Crippen molar-refractivity contribution >= 4 is 22.8 Å². The van der Waals surface area contributed by atoms with Crippen molar-refractivity contribution in [2.45, 2.75) is 12.5 Å². The molecule has 0 radical (unpaired) electrons. The monoisotopic (exact) mass is 472 g/mol. The van der Waals surface area contributed by atoms with Gasteiger partial charge < -0.3 is 19.5 Å². The summed E-state index contributed by atoms with van der Waals surface area (Å²) in [6.07, 6.45) is 4.40. The van der Waals surface area contributed by atoms with Crippen molar-refractivity contribution in [1.29, 1.82) is 0 Å². The zero-order valence-corrected chi connectivity index (χ0v) is 18.5. The van der Waals surface area contributed by atoms with Crippen molar-refractivity contribution in [1.82, 2.24) is 19.9 Å². The average molecular weight is 472 g/mol. The smallest absolute Gasteiger partial charge is 0.268 e. The quantitative estimate of drug-likeness (QED) is 0.526. The van der Waals surface area contributed by atoms with Crippen LogP contribution >= 0.6 is 0 Å². The molecule has 1 aromatic carbocycles. The van der Waals surface area contributed by atoms with E-state index in [4.69, 9.17) is 14.2 Å². The van der Waals surface area contributed by atoms with Gasteiger partial charge in [-0.1, -0.05) is 6.58 Å². The van der Waals surface area contributed by atoms with Gasteiger partial charge in [-0.2, -0.15) is 0 Å². The van der Waals surface area contributed by atoms with Crippen LogP contribution in [0.4, 0.5) is 8.78 Å². The lowest BCUT2D eigenvalue weighted by molar-refractivity contribution is -0.117. The van der Waals surface area contributed by atoms with E-state index < -0.39 is 23.1 Å².